The maximum Gasteiger partial charge on any atom is 0.305 e. The van der Waals surface area contributed by atoms with E-state index in [0.29, 0.717) is 12.1 Å². The van der Waals surface area contributed by atoms with Gasteiger partial charge in [0.15, 0.2) is 5.78 Å². The van der Waals surface area contributed by atoms with Gasteiger partial charge in [-0.05, 0) is 19.4 Å². The van der Waals surface area contributed by atoms with Crippen molar-refractivity contribution in [3.63, 3.8) is 0 Å². The number of esters is 1. The molecule has 1 atom stereocenters. The fraction of sp³-hybridized carbons (Fsp3) is 0.312. The number of benzene rings is 1. The molecule has 0 radical (unpaired) electrons. The highest BCUT2D eigenvalue weighted by atomic mass is 19.1. The van der Waals surface area contributed by atoms with Crippen LogP contribution in [-0.2, 0) is 9.53 Å². The van der Waals surface area contributed by atoms with Crippen molar-refractivity contribution in [1.29, 1.82) is 0 Å². The highest BCUT2D eigenvalue weighted by molar-refractivity contribution is 5.99. The summed E-state index contributed by atoms with van der Waals surface area (Å²) in [7, 11) is 0. The van der Waals surface area contributed by atoms with Crippen molar-refractivity contribution in [2.45, 2.75) is 25.8 Å². The summed E-state index contributed by atoms with van der Waals surface area (Å²) >= 11 is 0. The van der Waals surface area contributed by atoms with Crippen molar-refractivity contribution in [2.75, 3.05) is 6.61 Å². The molecule has 0 aliphatic rings. The third-order valence-corrected chi connectivity index (χ3v) is 3.33. The lowest BCUT2D eigenvalue weighted by molar-refractivity contribution is -0.143. The van der Waals surface area contributed by atoms with Crippen LogP contribution < -0.4 is 0 Å². The molecule has 0 bridgehead atoms. The summed E-state index contributed by atoms with van der Waals surface area (Å²) in [5, 5.41) is 3.89. The zero-order valence-corrected chi connectivity index (χ0v) is 12.8. The Labute approximate surface area is 136 Å². The average Bonchev–Trinajstić information content (AvgIpc) is 3.00. The van der Waals surface area contributed by atoms with E-state index in [1.165, 1.54) is 23.1 Å². The number of Topliss-reactive ketones (excluding diaryl/α,β-unsaturated/α-hetero) is 1. The molecular formula is C16H15F3N2O3. The Morgan fingerprint density at radius 2 is 1.92 bits per heavy atom. The zero-order valence-electron chi connectivity index (χ0n) is 12.8. The number of carbonyl (C=O) groups is 2. The minimum atomic E-state index is -1.30. The van der Waals surface area contributed by atoms with E-state index >= 15 is 0 Å². The van der Waals surface area contributed by atoms with Crippen LogP contribution in [-0.4, -0.2) is 28.1 Å². The van der Waals surface area contributed by atoms with E-state index < -0.39 is 40.8 Å². The monoisotopic (exact) mass is 340 g/mol. The molecule has 0 aliphatic carbocycles. The standard InChI is InChI=1S/C16H15F3N2O3/c1-2-24-14(22)5-4-13(21-7-3-6-20-21)16(23)15-11(18)8-10(17)9-12(15)19/h3,6-9,13H,2,4-5H2,1H3. The SMILES string of the molecule is CCOC(=O)CCC(C(=O)c1c(F)cc(F)cc1F)n1cccn1. The predicted octanol–water partition coefficient (Wildman–Crippen LogP) is 3.07. The molecule has 1 heterocycles. The Balaban J connectivity index is 2.30. The van der Waals surface area contributed by atoms with Gasteiger partial charge in [-0.25, -0.2) is 13.2 Å². The summed E-state index contributed by atoms with van der Waals surface area (Å²) in [5.74, 6) is -5.19. The van der Waals surface area contributed by atoms with E-state index in [0.717, 1.165) is 0 Å². The van der Waals surface area contributed by atoms with E-state index in [-0.39, 0.29) is 19.4 Å². The van der Waals surface area contributed by atoms with Gasteiger partial charge < -0.3 is 4.74 Å². The topological polar surface area (TPSA) is 61.2 Å². The molecule has 128 valence electrons. The predicted molar refractivity (Wildman–Crippen MR) is 77.8 cm³/mol. The highest BCUT2D eigenvalue weighted by Crippen LogP contribution is 2.24. The van der Waals surface area contributed by atoms with E-state index in [2.05, 4.69) is 5.10 Å². The summed E-state index contributed by atoms with van der Waals surface area (Å²) in [6.45, 7) is 1.82. The van der Waals surface area contributed by atoms with Gasteiger partial charge in [0.1, 0.15) is 23.5 Å². The van der Waals surface area contributed by atoms with Gasteiger partial charge in [0.25, 0.3) is 0 Å². The second kappa shape index (κ2) is 7.76. The molecule has 1 aromatic carbocycles. The van der Waals surface area contributed by atoms with Crippen molar-refractivity contribution in [3.8, 4) is 0 Å². The lowest BCUT2D eigenvalue weighted by atomic mass is 9.99. The Hall–Kier alpha value is -2.64. The molecule has 0 amide bonds. The molecule has 0 aliphatic heterocycles. The maximum atomic E-state index is 13.9. The van der Waals surface area contributed by atoms with Crippen LogP contribution in [0, 0.1) is 17.5 Å². The quantitative estimate of drug-likeness (QED) is 0.574. The van der Waals surface area contributed by atoms with E-state index in [1.54, 1.807) is 6.92 Å². The Bertz CT molecular complexity index is 709. The number of halogens is 3. The van der Waals surface area contributed by atoms with Crippen molar-refractivity contribution in [1.82, 2.24) is 9.78 Å². The van der Waals surface area contributed by atoms with Crippen LogP contribution in [0.25, 0.3) is 0 Å². The molecule has 1 unspecified atom stereocenters. The molecule has 2 rings (SSSR count). The molecule has 0 spiro atoms. The number of rotatable bonds is 7. The molecule has 0 fully saturated rings. The van der Waals surface area contributed by atoms with Crippen molar-refractivity contribution in [2.24, 2.45) is 0 Å². The van der Waals surface area contributed by atoms with Crippen LogP contribution >= 0.6 is 0 Å². The largest absolute Gasteiger partial charge is 0.466 e. The van der Waals surface area contributed by atoms with Crippen molar-refractivity contribution in [3.05, 3.63) is 53.6 Å². The number of aromatic nitrogens is 2. The lowest BCUT2D eigenvalue weighted by Gasteiger charge is -2.17. The van der Waals surface area contributed by atoms with E-state index in [1.807, 2.05) is 0 Å². The van der Waals surface area contributed by atoms with Gasteiger partial charge in [0.05, 0.1) is 12.2 Å². The average molecular weight is 340 g/mol. The summed E-state index contributed by atoms with van der Waals surface area (Å²) in [4.78, 5) is 24.0. The molecule has 24 heavy (non-hydrogen) atoms. The van der Waals surface area contributed by atoms with Gasteiger partial charge in [-0.1, -0.05) is 0 Å². The number of ketones is 1. The third-order valence-electron chi connectivity index (χ3n) is 3.33. The first-order valence-electron chi connectivity index (χ1n) is 7.27. The van der Waals surface area contributed by atoms with Gasteiger partial charge in [-0.3, -0.25) is 14.3 Å². The van der Waals surface area contributed by atoms with Gasteiger partial charge in [-0.15, -0.1) is 0 Å². The zero-order chi connectivity index (χ0) is 17.7. The fourth-order valence-corrected chi connectivity index (χ4v) is 2.28. The third kappa shape index (κ3) is 4.01. The number of nitrogens with zero attached hydrogens (tertiary/aromatic N) is 2. The van der Waals surface area contributed by atoms with Gasteiger partial charge in [0, 0.05) is 30.9 Å². The molecule has 5 nitrogen and oxygen atoms in total. The normalized spacial score (nSPS) is 12.0. The van der Waals surface area contributed by atoms with Crippen LogP contribution in [0.2, 0.25) is 0 Å². The van der Waals surface area contributed by atoms with Crippen molar-refractivity contribution < 1.29 is 27.5 Å². The van der Waals surface area contributed by atoms with Crippen LogP contribution in [0.1, 0.15) is 36.2 Å². The second-order valence-electron chi connectivity index (χ2n) is 4.95. The summed E-state index contributed by atoms with van der Waals surface area (Å²) in [6.07, 6.45) is 2.64. The van der Waals surface area contributed by atoms with Crippen LogP contribution in [0.5, 0.6) is 0 Å². The molecule has 0 saturated heterocycles. The van der Waals surface area contributed by atoms with Gasteiger partial charge in [0.2, 0.25) is 0 Å². The first-order chi connectivity index (χ1) is 11.4. The first kappa shape index (κ1) is 17.7. The number of carbonyl (C=O) groups excluding carboxylic acids is 2. The number of hydrogen-bond donors (Lipinski definition) is 0. The summed E-state index contributed by atoms with van der Waals surface area (Å²) in [6, 6.07) is 1.28. The minimum Gasteiger partial charge on any atom is -0.466 e. The molecule has 0 N–H and O–H groups in total. The van der Waals surface area contributed by atoms with Crippen LogP contribution in [0.15, 0.2) is 30.6 Å². The van der Waals surface area contributed by atoms with Crippen LogP contribution in [0.3, 0.4) is 0 Å². The molecule has 8 heteroatoms. The second-order valence-corrected chi connectivity index (χ2v) is 4.95. The smallest absolute Gasteiger partial charge is 0.305 e. The van der Waals surface area contributed by atoms with E-state index in [4.69, 9.17) is 4.74 Å². The molecule has 2 aromatic rings. The highest BCUT2D eigenvalue weighted by Gasteiger charge is 2.29. The molecular weight excluding hydrogens is 325 g/mol. The van der Waals surface area contributed by atoms with Gasteiger partial charge >= 0.3 is 5.97 Å². The number of hydrogen-bond acceptors (Lipinski definition) is 4. The fourth-order valence-electron chi connectivity index (χ4n) is 2.28. The van der Waals surface area contributed by atoms with E-state index in [9.17, 15) is 22.8 Å². The Morgan fingerprint density at radius 3 is 2.46 bits per heavy atom. The summed E-state index contributed by atoms with van der Waals surface area (Å²) < 4.78 is 46.7. The number of ether oxygens (including phenoxy) is 1. The molecule has 0 saturated carbocycles. The lowest BCUT2D eigenvalue weighted by Crippen LogP contribution is -2.24. The van der Waals surface area contributed by atoms with Crippen molar-refractivity contribution >= 4 is 11.8 Å². The minimum absolute atomic E-state index is 0.0599. The summed E-state index contributed by atoms with van der Waals surface area (Å²) in [5.41, 5.74) is -0.860. The van der Waals surface area contributed by atoms with Gasteiger partial charge in [-0.2, -0.15) is 5.10 Å². The Morgan fingerprint density at radius 1 is 1.25 bits per heavy atom. The molecule has 1 aromatic heterocycles. The maximum absolute atomic E-state index is 13.9. The Kier molecular flexibility index (Phi) is 5.73. The first-order valence-corrected chi connectivity index (χ1v) is 7.27. The van der Waals surface area contributed by atoms with Crippen LogP contribution in [0.4, 0.5) is 13.2 Å².